The Morgan fingerprint density at radius 3 is 1.07 bits per heavy atom. The zero-order chi connectivity index (χ0) is 50.9. The Hall–Kier alpha value is -6.73. The van der Waals surface area contributed by atoms with Gasteiger partial charge in [-0.1, -0.05) is 174 Å². The molecule has 0 unspecified atom stereocenters. The summed E-state index contributed by atoms with van der Waals surface area (Å²) in [6.45, 7) is 27.2. The average Bonchev–Trinajstić information content (AvgIpc) is 3.31. The number of Topliss-reactive ketones (excluding diaryl/α,β-unsaturated/α-hetero) is 1. The van der Waals surface area contributed by atoms with Crippen molar-refractivity contribution in [2.75, 3.05) is 6.61 Å². The van der Waals surface area contributed by atoms with Crippen LogP contribution in [0, 0.1) is 0 Å². The van der Waals surface area contributed by atoms with Crippen LogP contribution in [0.4, 0.5) is 0 Å². The van der Waals surface area contributed by atoms with E-state index in [1.54, 1.807) is 12.4 Å². The summed E-state index contributed by atoms with van der Waals surface area (Å²) in [4.78, 5) is 23.3. The Labute approximate surface area is 422 Å². The van der Waals surface area contributed by atoms with Gasteiger partial charge in [-0.3, -0.25) is 14.8 Å². The first-order valence-electron chi connectivity index (χ1n) is 25.1. The van der Waals surface area contributed by atoms with Crippen molar-refractivity contribution < 1.29 is 24.1 Å². The Morgan fingerprint density at radius 2 is 0.746 bits per heavy atom. The number of phenols is 1. The van der Waals surface area contributed by atoms with Gasteiger partial charge in [0.1, 0.15) is 36.2 Å². The van der Waals surface area contributed by atoms with Gasteiger partial charge in [-0.05, 0) is 113 Å². The van der Waals surface area contributed by atoms with Gasteiger partial charge in [-0.15, -0.1) is 0 Å². The molecule has 1 aliphatic rings. The van der Waals surface area contributed by atoms with Crippen LogP contribution in [0.2, 0.25) is 0 Å². The van der Waals surface area contributed by atoms with E-state index < -0.39 is 0 Å². The minimum atomic E-state index is -0.251. The highest BCUT2D eigenvalue weighted by Crippen LogP contribution is 2.44. The van der Waals surface area contributed by atoms with Crippen molar-refractivity contribution in [1.29, 1.82) is 0 Å². The number of pyridine rings is 2. The fourth-order valence-corrected chi connectivity index (χ4v) is 9.29. The van der Waals surface area contributed by atoms with E-state index in [0.29, 0.717) is 37.0 Å². The van der Waals surface area contributed by atoms with Gasteiger partial charge in [-0.25, -0.2) is 0 Å². The number of carbonyl (C=O) groups excluding carboxylic acids is 1. The maximum atomic E-state index is 13.9. The molecule has 0 radical (unpaired) electrons. The molecule has 1 aliphatic carbocycles. The zero-order valence-electron chi connectivity index (χ0n) is 44.0. The van der Waals surface area contributed by atoms with Crippen molar-refractivity contribution in [2.24, 2.45) is 0 Å². The monoisotopic (exact) mass is 949 g/mol. The predicted molar refractivity (Wildman–Crippen MR) is 287 cm³/mol. The lowest BCUT2D eigenvalue weighted by Crippen LogP contribution is -2.18. The van der Waals surface area contributed by atoms with E-state index >= 15 is 0 Å². The molecule has 5 aromatic carbocycles. The summed E-state index contributed by atoms with van der Waals surface area (Å²) in [6.07, 6.45) is 5.31. The number of benzene rings is 5. The van der Waals surface area contributed by atoms with Gasteiger partial charge in [0.05, 0.1) is 11.4 Å². The number of hydrogen-bond donors (Lipinski definition) is 1. The highest BCUT2D eigenvalue weighted by Gasteiger charge is 2.29. The molecule has 7 nitrogen and oxygen atoms in total. The molecule has 0 saturated carbocycles. The van der Waals surface area contributed by atoms with Gasteiger partial charge < -0.3 is 19.3 Å². The van der Waals surface area contributed by atoms with Crippen molar-refractivity contribution in [2.45, 2.75) is 144 Å². The molecule has 2 aromatic heterocycles. The summed E-state index contributed by atoms with van der Waals surface area (Å²) in [5, 5.41) is 12.8. The Kier molecular flexibility index (Phi) is 14.4. The SMILES string of the molecule is CC(C)(C)c1cc2c(O)c(c1)Cc1cc(C(C)(C)C)cc(c1OCc1ccccn1)Cc1cc(C(C)(C)C)cc(c1OCc1ccccn1)Cc1cc(C(C)(C)C)cc(c1OCC(=O)c1ccccc1)C2. The van der Waals surface area contributed by atoms with Crippen LogP contribution in [-0.4, -0.2) is 27.5 Å². The van der Waals surface area contributed by atoms with E-state index in [4.69, 9.17) is 14.2 Å². The molecule has 0 aliphatic heterocycles. The van der Waals surface area contributed by atoms with Crippen LogP contribution in [0.1, 0.15) is 172 Å². The lowest BCUT2D eigenvalue weighted by atomic mass is 9.79. The fourth-order valence-electron chi connectivity index (χ4n) is 9.29. The molecule has 2 heterocycles. The van der Waals surface area contributed by atoms with Crippen LogP contribution in [0.25, 0.3) is 0 Å². The molecule has 0 spiro atoms. The smallest absolute Gasteiger partial charge is 0.200 e. The van der Waals surface area contributed by atoms with E-state index in [9.17, 15) is 9.90 Å². The largest absolute Gasteiger partial charge is 0.507 e. The van der Waals surface area contributed by atoms with Crippen molar-refractivity contribution in [3.63, 3.8) is 0 Å². The summed E-state index contributed by atoms with van der Waals surface area (Å²) in [5.74, 6) is 2.32. The van der Waals surface area contributed by atoms with Crippen LogP contribution in [-0.2, 0) is 60.6 Å². The van der Waals surface area contributed by atoms with Gasteiger partial charge >= 0.3 is 0 Å². The highest BCUT2D eigenvalue weighted by atomic mass is 16.5. The van der Waals surface area contributed by atoms with Gasteiger partial charge in [0.2, 0.25) is 0 Å². The molecular formula is C64H72N2O5. The van der Waals surface area contributed by atoms with Crippen molar-refractivity contribution in [3.05, 3.63) is 211 Å². The van der Waals surface area contributed by atoms with Crippen LogP contribution < -0.4 is 14.2 Å². The summed E-state index contributed by atoms with van der Waals surface area (Å²) in [7, 11) is 0. The van der Waals surface area contributed by atoms with Crippen molar-refractivity contribution in [1.82, 2.24) is 9.97 Å². The second-order valence-corrected chi connectivity index (χ2v) is 23.5. The number of rotatable bonds is 10. The molecule has 0 fully saturated rings. The van der Waals surface area contributed by atoms with Gasteiger partial charge in [0, 0.05) is 43.6 Å². The summed E-state index contributed by atoms with van der Waals surface area (Å²) < 4.78 is 21.1. The Morgan fingerprint density at radius 1 is 0.437 bits per heavy atom. The number of ketones is 1. The normalized spacial score (nSPS) is 13.1. The van der Waals surface area contributed by atoms with E-state index in [-0.39, 0.29) is 53.0 Å². The zero-order valence-corrected chi connectivity index (χ0v) is 44.0. The molecule has 8 rings (SSSR count). The molecule has 368 valence electrons. The standard InChI is InChI=1S/C64H72N2O5/c1-61(2,3)50-30-42-26-44-32-51(62(4,5)6)34-46(58(44)69-38-54-22-16-18-24-65-54)28-47-35-53(64(10,11)12)36-48(59(47)70-39-55-23-17-19-25-66-55)29-49-37-52(63(7,8)9)33-45(27-43(31-50)57(42)68)60(49)71-40-56(67)41-20-14-13-15-21-41/h13-25,30-37,68H,26-29,38-40H2,1-12H3. The van der Waals surface area contributed by atoms with Crippen LogP contribution in [0.5, 0.6) is 23.0 Å². The molecule has 1 N–H and O–H groups in total. The second kappa shape index (κ2) is 20.2. The molecular weight excluding hydrogens is 877 g/mol. The molecule has 7 aromatic rings. The van der Waals surface area contributed by atoms with Gasteiger partial charge in [-0.2, -0.15) is 0 Å². The van der Waals surface area contributed by atoms with Gasteiger partial charge in [0.25, 0.3) is 0 Å². The maximum Gasteiger partial charge on any atom is 0.200 e. The third-order valence-electron chi connectivity index (χ3n) is 13.6. The lowest BCUT2D eigenvalue weighted by Gasteiger charge is -2.29. The molecule has 0 atom stereocenters. The molecule has 8 bridgehead atoms. The number of ether oxygens (including phenoxy) is 3. The summed E-state index contributed by atoms with van der Waals surface area (Å²) in [6, 6.07) is 39.1. The van der Waals surface area contributed by atoms with Crippen molar-refractivity contribution >= 4 is 5.78 Å². The summed E-state index contributed by atoms with van der Waals surface area (Å²) >= 11 is 0. The molecule has 7 heteroatoms. The summed E-state index contributed by atoms with van der Waals surface area (Å²) in [5.41, 5.74) is 13.3. The number of aromatic hydroxyl groups is 1. The fraction of sp³-hybridized carbons (Fsp3) is 0.359. The minimum absolute atomic E-state index is 0.113. The topological polar surface area (TPSA) is 90.8 Å². The van der Waals surface area contributed by atoms with Gasteiger partial charge in [0.15, 0.2) is 12.4 Å². The highest BCUT2D eigenvalue weighted by molar-refractivity contribution is 5.97. The van der Waals surface area contributed by atoms with E-state index in [1.165, 1.54) is 11.1 Å². The predicted octanol–water partition coefficient (Wildman–Crippen LogP) is 14.5. The maximum absolute atomic E-state index is 13.9. The third-order valence-corrected chi connectivity index (χ3v) is 13.6. The third kappa shape index (κ3) is 12.1. The Bertz CT molecular complexity index is 3020. The average molecular weight is 949 g/mol. The first-order valence-corrected chi connectivity index (χ1v) is 25.1. The van der Waals surface area contributed by atoms with Crippen LogP contribution in [0.3, 0.4) is 0 Å². The number of nitrogens with zero attached hydrogens (tertiary/aromatic N) is 2. The Balaban J connectivity index is 1.45. The quantitative estimate of drug-likeness (QED) is 0.137. The number of aromatic nitrogens is 2. The van der Waals surface area contributed by atoms with E-state index in [1.807, 2.05) is 66.7 Å². The first-order chi connectivity index (χ1) is 33.5. The van der Waals surface area contributed by atoms with E-state index in [2.05, 4.69) is 142 Å². The number of phenolic OH excluding ortho intramolecular Hbond substituents is 1. The van der Waals surface area contributed by atoms with Crippen LogP contribution >= 0.6 is 0 Å². The molecule has 0 amide bonds. The second-order valence-electron chi connectivity index (χ2n) is 23.5. The lowest BCUT2D eigenvalue weighted by molar-refractivity contribution is 0.0920. The molecule has 0 saturated heterocycles. The minimum Gasteiger partial charge on any atom is -0.507 e. The first kappa shape index (κ1) is 50.7. The number of hydrogen-bond acceptors (Lipinski definition) is 7. The van der Waals surface area contributed by atoms with Crippen LogP contribution in [0.15, 0.2) is 128 Å². The van der Waals surface area contributed by atoms with E-state index in [0.717, 1.165) is 78.5 Å². The van der Waals surface area contributed by atoms with Crippen molar-refractivity contribution in [3.8, 4) is 23.0 Å². The number of fused-ring (bicyclic) bond motifs is 8. The number of carbonyl (C=O) groups is 1. The molecule has 71 heavy (non-hydrogen) atoms.